The summed E-state index contributed by atoms with van der Waals surface area (Å²) in [5, 5.41) is 10.1. The maximum absolute atomic E-state index is 10.1. The van der Waals surface area contributed by atoms with Crippen molar-refractivity contribution in [3.8, 4) is 0 Å². The van der Waals surface area contributed by atoms with E-state index in [1.54, 1.807) is 0 Å². The Morgan fingerprint density at radius 2 is 1.75 bits per heavy atom. The second kappa shape index (κ2) is 2.46. The van der Waals surface area contributed by atoms with Crippen LogP contribution in [0.4, 0.5) is 0 Å². The van der Waals surface area contributed by atoms with Crippen molar-refractivity contribution in [2.45, 2.75) is 33.2 Å². The van der Waals surface area contributed by atoms with Gasteiger partial charge in [-0.3, -0.25) is 0 Å². The molecule has 0 unspecified atom stereocenters. The van der Waals surface area contributed by atoms with Crippen molar-refractivity contribution in [1.82, 2.24) is 5.48 Å². The SMILES string of the molecule is CC(C)C(C)(C)N[O]. The lowest BCUT2D eigenvalue weighted by molar-refractivity contribution is -0.00943. The lowest BCUT2D eigenvalue weighted by Gasteiger charge is -2.25. The maximum atomic E-state index is 10.1. The van der Waals surface area contributed by atoms with Crippen LogP contribution in [0.1, 0.15) is 27.7 Å². The molecule has 0 heterocycles. The lowest BCUT2D eigenvalue weighted by Crippen LogP contribution is -2.40. The van der Waals surface area contributed by atoms with Gasteiger partial charge < -0.3 is 0 Å². The van der Waals surface area contributed by atoms with Crippen LogP contribution >= 0.6 is 0 Å². The Morgan fingerprint density at radius 1 is 1.38 bits per heavy atom. The number of hydroxylamine groups is 1. The van der Waals surface area contributed by atoms with Gasteiger partial charge in [0.1, 0.15) is 0 Å². The minimum Gasteiger partial charge on any atom is -0.162 e. The van der Waals surface area contributed by atoms with Crippen molar-refractivity contribution in [2.24, 2.45) is 5.92 Å². The van der Waals surface area contributed by atoms with E-state index < -0.39 is 0 Å². The molecule has 0 amide bonds. The van der Waals surface area contributed by atoms with Gasteiger partial charge in [-0.2, -0.15) is 5.48 Å². The minimum atomic E-state index is -0.264. The van der Waals surface area contributed by atoms with E-state index in [0.29, 0.717) is 5.92 Å². The number of hydrogen-bond acceptors (Lipinski definition) is 1. The van der Waals surface area contributed by atoms with Gasteiger partial charge in [0.05, 0.1) is 0 Å². The molecule has 0 aromatic rings. The zero-order chi connectivity index (χ0) is 6.78. The third kappa shape index (κ3) is 1.80. The van der Waals surface area contributed by atoms with E-state index in [4.69, 9.17) is 0 Å². The molecule has 2 heteroatoms. The summed E-state index contributed by atoms with van der Waals surface area (Å²) in [6, 6.07) is 0. The normalized spacial score (nSPS) is 12.8. The van der Waals surface area contributed by atoms with E-state index in [2.05, 4.69) is 0 Å². The standard InChI is InChI=1S/C6H14NO/c1-5(2)6(3,4)7-8/h5,7H,1-4H3. The average molecular weight is 116 g/mol. The summed E-state index contributed by atoms with van der Waals surface area (Å²) in [5.74, 6) is 0.389. The summed E-state index contributed by atoms with van der Waals surface area (Å²) in [6.45, 7) is 7.82. The molecule has 1 N–H and O–H groups in total. The summed E-state index contributed by atoms with van der Waals surface area (Å²) >= 11 is 0. The quantitative estimate of drug-likeness (QED) is 0.543. The first-order chi connectivity index (χ1) is 3.50. The predicted molar refractivity (Wildman–Crippen MR) is 32.7 cm³/mol. The van der Waals surface area contributed by atoms with Crippen LogP contribution in [-0.2, 0) is 5.21 Å². The van der Waals surface area contributed by atoms with E-state index >= 15 is 0 Å². The van der Waals surface area contributed by atoms with Crippen LogP contribution in [0.3, 0.4) is 0 Å². The Morgan fingerprint density at radius 3 is 1.75 bits per heavy atom. The third-order valence-electron chi connectivity index (χ3n) is 1.71. The molecule has 0 rings (SSSR count). The predicted octanol–water partition coefficient (Wildman–Crippen LogP) is 1.36. The second-order valence-electron chi connectivity index (χ2n) is 2.98. The second-order valence-corrected chi connectivity index (χ2v) is 2.98. The van der Waals surface area contributed by atoms with Gasteiger partial charge in [-0.05, 0) is 19.8 Å². The number of rotatable bonds is 2. The maximum Gasteiger partial charge on any atom is 0.0429 e. The van der Waals surface area contributed by atoms with Crippen LogP contribution < -0.4 is 5.48 Å². The van der Waals surface area contributed by atoms with Crippen molar-refractivity contribution in [2.75, 3.05) is 0 Å². The molecule has 0 spiro atoms. The summed E-state index contributed by atoms with van der Waals surface area (Å²) in [5.41, 5.74) is 1.73. The van der Waals surface area contributed by atoms with Crippen molar-refractivity contribution >= 4 is 0 Å². The van der Waals surface area contributed by atoms with Crippen molar-refractivity contribution in [3.05, 3.63) is 0 Å². The molecule has 0 aromatic carbocycles. The Hall–Kier alpha value is -0.0800. The highest BCUT2D eigenvalue weighted by Gasteiger charge is 2.20. The van der Waals surface area contributed by atoms with Gasteiger partial charge in [-0.1, -0.05) is 13.8 Å². The molecule has 2 nitrogen and oxygen atoms in total. The van der Waals surface area contributed by atoms with Gasteiger partial charge >= 0.3 is 0 Å². The van der Waals surface area contributed by atoms with Gasteiger partial charge in [0.25, 0.3) is 0 Å². The van der Waals surface area contributed by atoms with Crippen molar-refractivity contribution < 1.29 is 5.21 Å². The number of hydrogen-bond donors (Lipinski definition) is 1. The Bertz CT molecular complexity index is 68.9. The van der Waals surface area contributed by atoms with Crippen LogP contribution in [0.2, 0.25) is 0 Å². The van der Waals surface area contributed by atoms with Gasteiger partial charge in [0.2, 0.25) is 0 Å². The van der Waals surface area contributed by atoms with Crippen molar-refractivity contribution in [3.63, 3.8) is 0 Å². The largest absolute Gasteiger partial charge is 0.162 e. The minimum absolute atomic E-state index is 0.264. The van der Waals surface area contributed by atoms with Gasteiger partial charge in [0.15, 0.2) is 0 Å². The molecule has 0 atom stereocenters. The first kappa shape index (κ1) is 7.92. The fourth-order valence-electron chi connectivity index (χ4n) is 0.118. The lowest BCUT2D eigenvalue weighted by atomic mass is 9.92. The van der Waals surface area contributed by atoms with E-state index in [1.807, 2.05) is 33.2 Å². The first-order valence-electron chi connectivity index (χ1n) is 2.90. The van der Waals surface area contributed by atoms with Crippen LogP contribution in [-0.4, -0.2) is 5.54 Å². The molecule has 0 aliphatic rings. The zero-order valence-corrected chi connectivity index (χ0v) is 5.99. The smallest absolute Gasteiger partial charge is 0.0429 e. The van der Waals surface area contributed by atoms with Crippen LogP contribution in [0.25, 0.3) is 0 Å². The topological polar surface area (TPSA) is 31.9 Å². The van der Waals surface area contributed by atoms with Crippen LogP contribution in [0.5, 0.6) is 0 Å². The van der Waals surface area contributed by atoms with Crippen molar-refractivity contribution in [1.29, 1.82) is 0 Å². The summed E-state index contributed by atoms with van der Waals surface area (Å²) < 4.78 is 0. The van der Waals surface area contributed by atoms with Gasteiger partial charge in [-0.15, -0.1) is 5.21 Å². The summed E-state index contributed by atoms with van der Waals surface area (Å²) in [7, 11) is 0. The molecule has 49 valence electrons. The van der Waals surface area contributed by atoms with Gasteiger partial charge in [-0.25, -0.2) is 0 Å². The van der Waals surface area contributed by atoms with E-state index in [9.17, 15) is 5.21 Å². The Balaban J connectivity index is 3.71. The molecule has 0 aliphatic carbocycles. The molecular weight excluding hydrogens is 102 g/mol. The third-order valence-corrected chi connectivity index (χ3v) is 1.71. The molecule has 8 heavy (non-hydrogen) atoms. The monoisotopic (exact) mass is 116 g/mol. The van der Waals surface area contributed by atoms with E-state index in [-0.39, 0.29) is 5.54 Å². The first-order valence-corrected chi connectivity index (χ1v) is 2.90. The highest BCUT2D eigenvalue weighted by Crippen LogP contribution is 2.13. The molecule has 0 saturated carbocycles. The fourth-order valence-corrected chi connectivity index (χ4v) is 0.118. The summed E-state index contributed by atoms with van der Waals surface area (Å²) in [4.78, 5) is 0. The molecule has 0 saturated heterocycles. The number of nitrogens with one attached hydrogen (secondary N) is 1. The highest BCUT2D eigenvalue weighted by atomic mass is 16.5. The van der Waals surface area contributed by atoms with Gasteiger partial charge in [0, 0.05) is 5.54 Å². The molecule has 0 fully saturated rings. The van der Waals surface area contributed by atoms with E-state index in [1.165, 1.54) is 0 Å². The van der Waals surface area contributed by atoms with Crippen LogP contribution in [0, 0.1) is 5.92 Å². The Labute approximate surface area is 50.9 Å². The highest BCUT2D eigenvalue weighted by molar-refractivity contribution is 4.75. The molecular formula is C6H14NO. The summed E-state index contributed by atoms with van der Waals surface area (Å²) in [6.07, 6.45) is 0. The average Bonchev–Trinajstić information content (AvgIpc) is 1.67. The zero-order valence-electron chi connectivity index (χ0n) is 5.99. The molecule has 0 aromatic heterocycles. The molecule has 1 radical (unpaired) electrons. The van der Waals surface area contributed by atoms with E-state index in [0.717, 1.165) is 0 Å². The van der Waals surface area contributed by atoms with Crippen LogP contribution in [0.15, 0.2) is 0 Å². The molecule has 0 bridgehead atoms. The molecule has 0 aliphatic heterocycles. The Kier molecular flexibility index (Phi) is 2.44. The fraction of sp³-hybridized carbons (Fsp3) is 1.00.